The van der Waals surface area contributed by atoms with Gasteiger partial charge in [-0.15, -0.1) is 0 Å². The highest BCUT2D eigenvalue weighted by Gasteiger charge is 2.09. The summed E-state index contributed by atoms with van der Waals surface area (Å²) in [5.41, 5.74) is 5.67. The highest BCUT2D eigenvalue weighted by Crippen LogP contribution is 2.17. The van der Waals surface area contributed by atoms with Crippen molar-refractivity contribution in [3.05, 3.63) is 24.3 Å². The molecule has 0 bridgehead atoms. The third-order valence-electron chi connectivity index (χ3n) is 2.07. The molecule has 2 N–H and O–H groups in total. The van der Waals surface area contributed by atoms with Crippen LogP contribution in [0.5, 0.6) is 11.5 Å². The molecule has 0 spiro atoms. The minimum Gasteiger partial charge on any atom is -0.497 e. The molecular formula is C12H19NO2. The van der Waals surface area contributed by atoms with E-state index in [1.54, 1.807) is 7.11 Å². The zero-order valence-corrected chi connectivity index (χ0v) is 9.62. The van der Waals surface area contributed by atoms with Crippen LogP contribution in [0.25, 0.3) is 0 Å². The molecule has 1 aromatic carbocycles. The molecule has 15 heavy (non-hydrogen) atoms. The quantitative estimate of drug-likeness (QED) is 0.808. The molecule has 3 heteroatoms. The first kappa shape index (κ1) is 11.9. The number of rotatable bonds is 5. The van der Waals surface area contributed by atoms with Crippen molar-refractivity contribution in [3.63, 3.8) is 0 Å². The van der Waals surface area contributed by atoms with E-state index in [1.165, 1.54) is 0 Å². The summed E-state index contributed by atoms with van der Waals surface area (Å²) in [6.45, 7) is 4.62. The lowest BCUT2D eigenvalue weighted by Crippen LogP contribution is -2.33. The van der Waals surface area contributed by atoms with Gasteiger partial charge in [0.2, 0.25) is 0 Å². The first-order chi connectivity index (χ1) is 7.01. The lowest BCUT2D eigenvalue weighted by Gasteiger charge is -2.18. The van der Waals surface area contributed by atoms with Crippen molar-refractivity contribution in [1.82, 2.24) is 0 Å². The standard InChI is InChI=1S/C12H19NO2/c1-12(2,13)8-9-15-11-6-4-10(14-3)5-7-11/h4-7H,8-9,13H2,1-3H3. The van der Waals surface area contributed by atoms with Gasteiger partial charge in [-0.25, -0.2) is 0 Å². The average Bonchev–Trinajstić information content (AvgIpc) is 2.17. The highest BCUT2D eigenvalue weighted by atomic mass is 16.5. The largest absolute Gasteiger partial charge is 0.497 e. The topological polar surface area (TPSA) is 44.5 Å². The van der Waals surface area contributed by atoms with Gasteiger partial charge in [0.25, 0.3) is 0 Å². The maximum Gasteiger partial charge on any atom is 0.119 e. The summed E-state index contributed by atoms with van der Waals surface area (Å²) in [4.78, 5) is 0. The molecule has 0 atom stereocenters. The molecular weight excluding hydrogens is 190 g/mol. The zero-order valence-electron chi connectivity index (χ0n) is 9.62. The van der Waals surface area contributed by atoms with Crippen LogP contribution >= 0.6 is 0 Å². The summed E-state index contributed by atoms with van der Waals surface area (Å²) in [5.74, 6) is 1.68. The summed E-state index contributed by atoms with van der Waals surface area (Å²) in [6.07, 6.45) is 0.832. The second kappa shape index (κ2) is 5.03. The molecule has 0 aromatic heterocycles. The number of hydrogen-bond donors (Lipinski definition) is 1. The molecule has 0 saturated carbocycles. The van der Waals surface area contributed by atoms with Crippen molar-refractivity contribution in [2.24, 2.45) is 5.73 Å². The summed E-state index contributed by atoms with van der Waals surface area (Å²) >= 11 is 0. The second-order valence-electron chi connectivity index (χ2n) is 4.26. The molecule has 0 heterocycles. The van der Waals surface area contributed by atoms with Crippen molar-refractivity contribution in [1.29, 1.82) is 0 Å². The zero-order chi connectivity index (χ0) is 11.3. The Balaban J connectivity index is 2.38. The molecule has 0 unspecified atom stereocenters. The van der Waals surface area contributed by atoms with E-state index >= 15 is 0 Å². The van der Waals surface area contributed by atoms with E-state index in [9.17, 15) is 0 Å². The van der Waals surface area contributed by atoms with Gasteiger partial charge in [-0.2, -0.15) is 0 Å². The average molecular weight is 209 g/mol. The van der Waals surface area contributed by atoms with Gasteiger partial charge in [0.15, 0.2) is 0 Å². The Hall–Kier alpha value is -1.22. The Morgan fingerprint density at radius 1 is 1.13 bits per heavy atom. The minimum absolute atomic E-state index is 0.174. The van der Waals surface area contributed by atoms with Crippen LogP contribution < -0.4 is 15.2 Å². The predicted molar refractivity (Wildman–Crippen MR) is 61.4 cm³/mol. The SMILES string of the molecule is COc1ccc(OCCC(C)(C)N)cc1. The molecule has 0 amide bonds. The van der Waals surface area contributed by atoms with Crippen LogP contribution in [-0.4, -0.2) is 19.3 Å². The van der Waals surface area contributed by atoms with Crippen LogP contribution in [0.15, 0.2) is 24.3 Å². The molecule has 1 aromatic rings. The van der Waals surface area contributed by atoms with Gasteiger partial charge in [-0.05, 0) is 44.5 Å². The molecule has 0 radical (unpaired) electrons. The number of nitrogens with two attached hydrogens (primary N) is 1. The van der Waals surface area contributed by atoms with Crippen molar-refractivity contribution in [2.75, 3.05) is 13.7 Å². The fraction of sp³-hybridized carbons (Fsp3) is 0.500. The molecule has 0 aliphatic heterocycles. The van der Waals surface area contributed by atoms with Gasteiger partial charge < -0.3 is 15.2 Å². The minimum atomic E-state index is -0.174. The Morgan fingerprint density at radius 3 is 2.13 bits per heavy atom. The first-order valence-electron chi connectivity index (χ1n) is 5.07. The van der Waals surface area contributed by atoms with Gasteiger partial charge >= 0.3 is 0 Å². The third kappa shape index (κ3) is 4.70. The summed E-state index contributed by atoms with van der Waals surface area (Å²) in [6, 6.07) is 7.54. The number of ether oxygens (including phenoxy) is 2. The highest BCUT2D eigenvalue weighted by molar-refractivity contribution is 5.31. The monoisotopic (exact) mass is 209 g/mol. The van der Waals surface area contributed by atoms with Crippen LogP contribution in [0, 0.1) is 0 Å². The lowest BCUT2D eigenvalue weighted by molar-refractivity contribution is 0.273. The number of hydrogen-bond acceptors (Lipinski definition) is 3. The lowest BCUT2D eigenvalue weighted by atomic mass is 10.0. The maximum absolute atomic E-state index is 5.85. The van der Waals surface area contributed by atoms with E-state index < -0.39 is 0 Å². The smallest absolute Gasteiger partial charge is 0.119 e. The van der Waals surface area contributed by atoms with Crippen LogP contribution in [0.3, 0.4) is 0 Å². The van der Waals surface area contributed by atoms with Gasteiger partial charge in [-0.3, -0.25) is 0 Å². The van der Waals surface area contributed by atoms with Gasteiger partial charge in [0.1, 0.15) is 11.5 Å². The first-order valence-corrected chi connectivity index (χ1v) is 5.07. The van der Waals surface area contributed by atoms with E-state index in [0.29, 0.717) is 6.61 Å². The maximum atomic E-state index is 5.85. The second-order valence-corrected chi connectivity index (χ2v) is 4.26. The Labute approximate surface area is 91.2 Å². The van der Waals surface area contributed by atoms with E-state index in [0.717, 1.165) is 17.9 Å². The van der Waals surface area contributed by atoms with Crippen LogP contribution in [0.2, 0.25) is 0 Å². The molecule has 0 aliphatic rings. The summed E-state index contributed by atoms with van der Waals surface area (Å²) in [7, 11) is 1.65. The third-order valence-corrected chi connectivity index (χ3v) is 2.07. The molecule has 0 saturated heterocycles. The Kier molecular flexibility index (Phi) is 3.97. The van der Waals surface area contributed by atoms with Crippen molar-refractivity contribution >= 4 is 0 Å². The van der Waals surface area contributed by atoms with Gasteiger partial charge in [0.05, 0.1) is 13.7 Å². The molecule has 0 fully saturated rings. The predicted octanol–water partition coefficient (Wildman–Crippen LogP) is 2.20. The molecule has 3 nitrogen and oxygen atoms in total. The van der Waals surface area contributed by atoms with Crippen LogP contribution in [0.4, 0.5) is 0 Å². The Bertz CT molecular complexity index is 287. The number of benzene rings is 1. The van der Waals surface area contributed by atoms with Gasteiger partial charge in [0, 0.05) is 5.54 Å². The van der Waals surface area contributed by atoms with E-state index in [4.69, 9.17) is 15.2 Å². The summed E-state index contributed by atoms with van der Waals surface area (Å²) in [5, 5.41) is 0. The van der Waals surface area contributed by atoms with Gasteiger partial charge in [-0.1, -0.05) is 0 Å². The molecule has 1 rings (SSSR count). The van der Waals surface area contributed by atoms with Crippen molar-refractivity contribution < 1.29 is 9.47 Å². The normalized spacial score (nSPS) is 11.2. The fourth-order valence-electron chi connectivity index (χ4n) is 1.10. The summed E-state index contributed by atoms with van der Waals surface area (Å²) < 4.78 is 10.6. The van der Waals surface area contributed by atoms with Crippen LogP contribution in [-0.2, 0) is 0 Å². The van der Waals surface area contributed by atoms with Crippen LogP contribution in [0.1, 0.15) is 20.3 Å². The number of methoxy groups -OCH3 is 1. The van der Waals surface area contributed by atoms with Crippen molar-refractivity contribution in [3.8, 4) is 11.5 Å². The fourth-order valence-corrected chi connectivity index (χ4v) is 1.10. The Morgan fingerprint density at radius 2 is 1.67 bits per heavy atom. The van der Waals surface area contributed by atoms with E-state index in [2.05, 4.69) is 0 Å². The molecule has 0 aliphatic carbocycles. The van der Waals surface area contributed by atoms with E-state index in [-0.39, 0.29) is 5.54 Å². The van der Waals surface area contributed by atoms with E-state index in [1.807, 2.05) is 38.1 Å². The van der Waals surface area contributed by atoms with Crippen molar-refractivity contribution in [2.45, 2.75) is 25.8 Å². The molecule has 84 valence electrons.